The van der Waals surface area contributed by atoms with Crippen molar-refractivity contribution in [3.05, 3.63) is 24.0 Å². The Kier molecular flexibility index (Phi) is 4.07. The molecular formula is C18H25N7. The van der Waals surface area contributed by atoms with Gasteiger partial charge in [-0.3, -0.25) is 5.10 Å². The minimum atomic E-state index is 0.264. The van der Waals surface area contributed by atoms with Gasteiger partial charge in [0.15, 0.2) is 5.82 Å². The van der Waals surface area contributed by atoms with E-state index in [1.165, 1.54) is 31.4 Å². The van der Waals surface area contributed by atoms with Gasteiger partial charge in [-0.1, -0.05) is 19.8 Å². The van der Waals surface area contributed by atoms with Crippen molar-refractivity contribution in [1.29, 1.82) is 0 Å². The van der Waals surface area contributed by atoms with Gasteiger partial charge in [-0.25, -0.2) is 4.52 Å². The first-order valence-corrected chi connectivity index (χ1v) is 9.12. The highest BCUT2D eigenvalue weighted by molar-refractivity contribution is 5.87. The fourth-order valence-corrected chi connectivity index (χ4v) is 3.24. The van der Waals surface area contributed by atoms with Crippen LogP contribution in [0.2, 0.25) is 0 Å². The van der Waals surface area contributed by atoms with Gasteiger partial charge in [0.2, 0.25) is 5.95 Å². The molecule has 1 fully saturated rings. The second kappa shape index (κ2) is 6.38. The molecule has 0 aliphatic heterocycles. The van der Waals surface area contributed by atoms with Gasteiger partial charge < -0.3 is 11.1 Å². The smallest absolute Gasteiger partial charge is 0.240 e. The van der Waals surface area contributed by atoms with Gasteiger partial charge in [0, 0.05) is 29.4 Å². The van der Waals surface area contributed by atoms with E-state index in [0.717, 1.165) is 29.0 Å². The lowest BCUT2D eigenvalue weighted by Crippen LogP contribution is -2.18. The molecule has 0 bridgehead atoms. The third-order valence-corrected chi connectivity index (χ3v) is 4.79. The van der Waals surface area contributed by atoms with E-state index >= 15 is 0 Å². The van der Waals surface area contributed by atoms with Gasteiger partial charge in [0.1, 0.15) is 5.52 Å². The van der Waals surface area contributed by atoms with Crippen molar-refractivity contribution >= 4 is 17.3 Å². The van der Waals surface area contributed by atoms with Crippen LogP contribution in [0.15, 0.2) is 18.3 Å². The second-order valence-corrected chi connectivity index (χ2v) is 7.01. The van der Waals surface area contributed by atoms with E-state index in [0.29, 0.717) is 12.0 Å². The summed E-state index contributed by atoms with van der Waals surface area (Å²) in [6.45, 7) is 4.38. The molecule has 4 rings (SSSR count). The Hall–Kier alpha value is -2.57. The van der Waals surface area contributed by atoms with Gasteiger partial charge in [0.05, 0.1) is 5.69 Å². The van der Waals surface area contributed by atoms with Crippen molar-refractivity contribution in [2.24, 2.45) is 0 Å². The molecule has 132 valence electrons. The molecule has 1 aliphatic rings. The van der Waals surface area contributed by atoms with Crippen molar-refractivity contribution in [2.75, 3.05) is 11.1 Å². The Morgan fingerprint density at radius 3 is 3.04 bits per heavy atom. The standard InChI is InChI=1S/C18H25N7/c1-3-4-5-11(2)20-17-16-13(8-9-25(16)24-18(19)21-17)15-10-14(22-23-15)12-6-7-12/h8-12H,3-7H2,1-2H3,(H,22,23)(H3,19,20,21,24)/t11-/m0/s1. The molecular weight excluding hydrogens is 314 g/mol. The molecule has 0 saturated heterocycles. The fourth-order valence-electron chi connectivity index (χ4n) is 3.24. The lowest BCUT2D eigenvalue weighted by Gasteiger charge is -2.15. The molecule has 1 saturated carbocycles. The largest absolute Gasteiger partial charge is 0.366 e. The summed E-state index contributed by atoms with van der Waals surface area (Å²) in [5.41, 5.74) is 9.99. The predicted molar refractivity (Wildman–Crippen MR) is 99.6 cm³/mol. The summed E-state index contributed by atoms with van der Waals surface area (Å²) in [5, 5.41) is 15.5. The zero-order valence-corrected chi connectivity index (χ0v) is 14.8. The highest BCUT2D eigenvalue weighted by atomic mass is 15.3. The normalized spacial score (nSPS) is 15.6. The van der Waals surface area contributed by atoms with Crippen LogP contribution in [0, 0.1) is 0 Å². The summed E-state index contributed by atoms with van der Waals surface area (Å²) in [6.07, 6.45) is 7.87. The lowest BCUT2D eigenvalue weighted by molar-refractivity contribution is 0.643. The Morgan fingerprint density at radius 1 is 1.44 bits per heavy atom. The summed E-state index contributed by atoms with van der Waals surface area (Å²) >= 11 is 0. The van der Waals surface area contributed by atoms with Crippen molar-refractivity contribution in [3.63, 3.8) is 0 Å². The minimum Gasteiger partial charge on any atom is -0.366 e. The van der Waals surface area contributed by atoms with Gasteiger partial charge in [-0.2, -0.15) is 10.1 Å². The Balaban J connectivity index is 1.72. The van der Waals surface area contributed by atoms with Crippen LogP contribution < -0.4 is 11.1 Å². The number of aromatic nitrogens is 5. The van der Waals surface area contributed by atoms with E-state index in [2.05, 4.69) is 45.5 Å². The van der Waals surface area contributed by atoms with Crippen molar-refractivity contribution in [2.45, 2.75) is 57.9 Å². The summed E-state index contributed by atoms with van der Waals surface area (Å²) < 4.78 is 1.79. The van der Waals surface area contributed by atoms with Crippen LogP contribution in [-0.4, -0.2) is 30.8 Å². The van der Waals surface area contributed by atoms with E-state index in [4.69, 9.17) is 5.73 Å². The van der Waals surface area contributed by atoms with Crippen molar-refractivity contribution in [3.8, 4) is 11.3 Å². The van der Waals surface area contributed by atoms with E-state index in [1.54, 1.807) is 4.52 Å². The molecule has 3 aromatic rings. The fraction of sp³-hybridized carbons (Fsp3) is 0.500. The summed E-state index contributed by atoms with van der Waals surface area (Å²) in [6, 6.07) is 4.49. The first-order valence-electron chi connectivity index (χ1n) is 9.12. The van der Waals surface area contributed by atoms with Crippen LogP contribution in [0.4, 0.5) is 11.8 Å². The predicted octanol–water partition coefficient (Wildman–Crippen LogP) is 3.57. The molecule has 7 heteroatoms. The quantitative estimate of drug-likeness (QED) is 0.611. The first kappa shape index (κ1) is 15.9. The molecule has 0 spiro atoms. The maximum Gasteiger partial charge on any atom is 0.240 e. The number of hydrogen-bond donors (Lipinski definition) is 3. The van der Waals surface area contributed by atoms with E-state index in [1.807, 2.05) is 12.3 Å². The Labute approximate surface area is 147 Å². The molecule has 0 amide bonds. The number of anilines is 2. The molecule has 3 heterocycles. The number of nitrogens with zero attached hydrogens (tertiary/aromatic N) is 4. The molecule has 1 atom stereocenters. The maximum atomic E-state index is 5.90. The topological polar surface area (TPSA) is 96.9 Å². The number of hydrogen-bond acceptors (Lipinski definition) is 5. The average molecular weight is 339 g/mol. The molecule has 4 N–H and O–H groups in total. The molecule has 0 unspecified atom stereocenters. The van der Waals surface area contributed by atoms with Crippen LogP contribution in [-0.2, 0) is 0 Å². The minimum absolute atomic E-state index is 0.264. The van der Waals surface area contributed by atoms with Gasteiger partial charge in [-0.05, 0) is 38.3 Å². The van der Waals surface area contributed by atoms with E-state index < -0.39 is 0 Å². The number of H-pyrrole nitrogens is 1. The van der Waals surface area contributed by atoms with Gasteiger partial charge in [0.25, 0.3) is 0 Å². The highest BCUT2D eigenvalue weighted by Crippen LogP contribution is 2.40. The molecule has 7 nitrogen and oxygen atoms in total. The number of aromatic amines is 1. The molecule has 25 heavy (non-hydrogen) atoms. The molecule has 0 radical (unpaired) electrons. The number of nitrogen functional groups attached to an aromatic ring is 1. The summed E-state index contributed by atoms with van der Waals surface area (Å²) in [7, 11) is 0. The number of unbranched alkanes of at least 4 members (excludes halogenated alkanes) is 1. The highest BCUT2D eigenvalue weighted by Gasteiger charge is 2.26. The maximum absolute atomic E-state index is 5.90. The zero-order valence-electron chi connectivity index (χ0n) is 14.8. The number of rotatable bonds is 7. The van der Waals surface area contributed by atoms with Crippen molar-refractivity contribution < 1.29 is 0 Å². The number of nitrogens with one attached hydrogen (secondary N) is 2. The van der Waals surface area contributed by atoms with Crippen LogP contribution in [0.3, 0.4) is 0 Å². The van der Waals surface area contributed by atoms with E-state index in [9.17, 15) is 0 Å². The summed E-state index contributed by atoms with van der Waals surface area (Å²) in [5.74, 6) is 1.68. The monoisotopic (exact) mass is 339 g/mol. The molecule has 3 aromatic heterocycles. The lowest BCUT2D eigenvalue weighted by atomic mass is 10.1. The van der Waals surface area contributed by atoms with Crippen molar-refractivity contribution in [1.82, 2.24) is 24.8 Å². The average Bonchev–Trinajstić information content (AvgIpc) is 3.16. The van der Waals surface area contributed by atoms with Crippen LogP contribution in [0.25, 0.3) is 16.8 Å². The second-order valence-electron chi connectivity index (χ2n) is 7.01. The van der Waals surface area contributed by atoms with Gasteiger partial charge in [-0.15, -0.1) is 5.10 Å². The molecule has 1 aliphatic carbocycles. The summed E-state index contributed by atoms with van der Waals surface area (Å²) in [4.78, 5) is 4.46. The third-order valence-electron chi connectivity index (χ3n) is 4.79. The van der Waals surface area contributed by atoms with Crippen LogP contribution >= 0.6 is 0 Å². The molecule has 0 aromatic carbocycles. The zero-order chi connectivity index (χ0) is 17.4. The first-order chi connectivity index (χ1) is 12.2. The van der Waals surface area contributed by atoms with Crippen LogP contribution in [0.1, 0.15) is 57.6 Å². The SMILES string of the molecule is CCCC[C@H](C)Nc1nc(N)nn2ccc(-c3cc(C4CC4)[nH]n3)c12. The Bertz CT molecular complexity index is 875. The third kappa shape index (κ3) is 3.18. The number of nitrogens with two attached hydrogens (primary N) is 1. The van der Waals surface area contributed by atoms with E-state index in [-0.39, 0.29) is 5.95 Å². The van der Waals surface area contributed by atoms with Crippen LogP contribution in [0.5, 0.6) is 0 Å². The Morgan fingerprint density at radius 2 is 2.28 bits per heavy atom. The number of fused-ring (bicyclic) bond motifs is 1. The van der Waals surface area contributed by atoms with Gasteiger partial charge >= 0.3 is 0 Å².